The van der Waals surface area contributed by atoms with E-state index in [-0.39, 0.29) is 0 Å². The SMILES string of the molecule is Nc1cc(NCc2cnc[nH]2)sn1. The summed E-state index contributed by atoms with van der Waals surface area (Å²) in [6, 6.07) is 1.81. The molecule has 68 valence electrons. The van der Waals surface area contributed by atoms with E-state index in [4.69, 9.17) is 5.73 Å². The van der Waals surface area contributed by atoms with Gasteiger partial charge in [-0.15, -0.1) is 0 Å². The summed E-state index contributed by atoms with van der Waals surface area (Å²) in [7, 11) is 0. The molecule has 2 heterocycles. The van der Waals surface area contributed by atoms with Gasteiger partial charge in [0.2, 0.25) is 0 Å². The molecule has 0 saturated carbocycles. The predicted octanol–water partition coefficient (Wildman–Crippen LogP) is 1.06. The second kappa shape index (κ2) is 3.44. The van der Waals surface area contributed by atoms with Crippen LogP contribution in [-0.4, -0.2) is 14.3 Å². The Morgan fingerprint density at radius 1 is 1.62 bits per heavy atom. The maximum atomic E-state index is 5.47. The highest BCUT2D eigenvalue weighted by Crippen LogP contribution is 2.17. The molecule has 0 fully saturated rings. The molecule has 0 unspecified atom stereocenters. The molecule has 4 N–H and O–H groups in total. The third kappa shape index (κ3) is 1.97. The average molecular weight is 195 g/mol. The fourth-order valence-electron chi connectivity index (χ4n) is 0.936. The standard InChI is InChI=1S/C7H9N5S/c8-6-1-7(13-12-6)10-3-5-2-9-4-11-5/h1-2,4,10H,3H2,(H2,8,12)(H,9,11). The van der Waals surface area contributed by atoms with E-state index in [0.29, 0.717) is 12.4 Å². The molecule has 2 rings (SSSR count). The van der Waals surface area contributed by atoms with Crippen LogP contribution in [0.3, 0.4) is 0 Å². The smallest absolute Gasteiger partial charge is 0.139 e. The molecule has 0 aliphatic rings. The second-order valence-corrected chi connectivity index (χ2v) is 3.35. The largest absolute Gasteiger partial charge is 0.383 e. The lowest BCUT2D eigenvalue weighted by molar-refractivity contribution is 1.08. The minimum absolute atomic E-state index is 0.553. The lowest BCUT2D eigenvalue weighted by Gasteiger charge is -1.98. The Bertz CT molecular complexity index is 366. The van der Waals surface area contributed by atoms with Crippen molar-refractivity contribution in [1.82, 2.24) is 14.3 Å². The highest BCUT2D eigenvalue weighted by atomic mass is 32.1. The van der Waals surface area contributed by atoms with Crippen molar-refractivity contribution in [2.45, 2.75) is 6.54 Å². The van der Waals surface area contributed by atoms with E-state index in [1.165, 1.54) is 11.5 Å². The number of hydrogen-bond donors (Lipinski definition) is 3. The Labute approximate surface area is 79.2 Å². The van der Waals surface area contributed by atoms with E-state index in [1.54, 1.807) is 18.6 Å². The molecular weight excluding hydrogens is 186 g/mol. The maximum absolute atomic E-state index is 5.47. The van der Waals surface area contributed by atoms with Crippen molar-refractivity contribution in [2.24, 2.45) is 0 Å². The van der Waals surface area contributed by atoms with Crippen molar-refractivity contribution in [3.05, 3.63) is 24.3 Å². The lowest BCUT2D eigenvalue weighted by atomic mass is 10.5. The van der Waals surface area contributed by atoms with Gasteiger partial charge in [0, 0.05) is 12.3 Å². The highest BCUT2D eigenvalue weighted by molar-refractivity contribution is 7.10. The van der Waals surface area contributed by atoms with E-state index in [9.17, 15) is 0 Å². The molecule has 0 bridgehead atoms. The second-order valence-electron chi connectivity index (χ2n) is 2.55. The zero-order chi connectivity index (χ0) is 9.10. The normalized spacial score (nSPS) is 10.2. The van der Waals surface area contributed by atoms with Crippen LogP contribution in [0.25, 0.3) is 0 Å². The Hall–Kier alpha value is -1.56. The minimum atomic E-state index is 0.553. The Morgan fingerprint density at radius 3 is 3.15 bits per heavy atom. The molecule has 6 heteroatoms. The van der Waals surface area contributed by atoms with Gasteiger partial charge in [0.05, 0.1) is 18.6 Å². The fraction of sp³-hybridized carbons (Fsp3) is 0.143. The van der Waals surface area contributed by atoms with Gasteiger partial charge in [0.1, 0.15) is 10.8 Å². The van der Waals surface area contributed by atoms with Crippen molar-refractivity contribution in [3.8, 4) is 0 Å². The molecule has 2 aromatic rings. The van der Waals surface area contributed by atoms with Crippen molar-refractivity contribution >= 4 is 22.4 Å². The van der Waals surface area contributed by atoms with Gasteiger partial charge in [-0.1, -0.05) is 0 Å². The number of H-pyrrole nitrogens is 1. The number of nitrogen functional groups attached to an aromatic ring is 1. The molecular formula is C7H9N5S. The van der Waals surface area contributed by atoms with Gasteiger partial charge in [-0.3, -0.25) is 0 Å². The molecule has 0 radical (unpaired) electrons. The molecule has 0 saturated heterocycles. The first-order valence-corrected chi connectivity index (χ1v) is 4.55. The number of aromatic nitrogens is 3. The number of rotatable bonds is 3. The predicted molar refractivity (Wildman–Crippen MR) is 52.4 cm³/mol. The first-order chi connectivity index (χ1) is 6.34. The van der Waals surface area contributed by atoms with Crippen LogP contribution in [-0.2, 0) is 6.54 Å². The summed E-state index contributed by atoms with van der Waals surface area (Å²) in [6.07, 6.45) is 3.43. The van der Waals surface area contributed by atoms with Crippen LogP contribution >= 0.6 is 11.5 Å². The molecule has 0 spiro atoms. The Balaban J connectivity index is 1.93. The van der Waals surface area contributed by atoms with Crippen LogP contribution < -0.4 is 11.1 Å². The number of nitrogens with zero attached hydrogens (tertiary/aromatic N) is 2. The highest BCUT2D eigenvalue weighted by Gasteiger charge is 1.98. The summed E-state index contributed by atoms with van der Waals surface area (Å²) in [5.74, 6) is 0.553. The first-order valence-electron chi connectivity index (χ1n) is 3.78. The van der Waals surface area contributed by atoms with Crippen LogP contribution in [0.5, 0.6) is 0 Å². The van der Waals surface area contributed by atoms with Crippen molar-refractivity contribution in [2.75, 3.05) is 11.1 Å². The van der Waals surface area contributed by atoms with Crippen molar-refractivity contribution in [1.29, 1.82) is 0 Å². The lowest BCUT2D eigenvalue weighted by Crippen LogP contribution is -1.97. The number of nitrogens with two attached hydrogens (primary N) is 1. The molecule has 5 nitrogen and oxygen atoms in total. The fourth-order valence-corrected chi connectivity index (χ4v) is 1.50. The summed E-state index contributed by atoms with van der Waals surface area (Å²) >= 11 is 1.35. The number of aromatic amines is 1. The zero-order valence-corrected chi connectivity index (χ0v) is 7.64. The summed E-state index contributed by atoms with van der Waals surface area (Å²) in [5, 5.41) is 4.14. The first kappa shape index (κ1) is 8.06. The van der Waals surface area contributed by atoms with Gasteiger partial charge < -0.3 is 16.0 Å². The van der Waals surface area contributed by atoms with Crippen molar-refractivity contribution < 1.29 is 0 Å². The van der Waals surface area contributed by atoms with Crippen molar-refractivity contribution in [3.63, 3.8) is 0 Å². The van der Waals surface area contributed by atoms with Crippen LogP contribution in [0.4, 0.5) is 10.8 Å². The summed E-state index contributed by atoms with van der Waals surface area (Å²) in [6.45, 7) is 0.710. The van der Waals surface area contributed by atoms with E-state index in [2.05, 4.69) is 19.7 Å². The molecule has 0 amide bonds. The molecule has 0 aromatic carbocycles. The van der Waals surface area contributed by atoms with Gasteiger partial charge >= 0.3 is 0 Å². The van der Waals surface area contributed by atoms with Gasteiger partial charge in [-0.05, 0) is 11.5 Å². The Morgan fingerprint density at radius 2 is 2.54 bits per heavy atom. The molecule has 0 atom stereocenters. The molecule has 13 heavy (non-hydrogen) atoms. The summed E-state index contributed by atoms with van der Waals surface area (Å²) < 4.78 is 3.95. The monoisotopic (exact) mass is 195 g/mol. The number of hydrogen-bond acceptors (Lipinski definition) is 5. The van der Waals surface area contributed by atoms with Crippen LogP contribution in [0.15, 0.2) is 18.6 Å². The average Bonchev–Trinajstić information content (AvgIpc) is 2.71. The van der Waals surface area contributed by atoms with E-state index >= 15 is 0 Å². The third-order valence-electron chi connectivity index (χ3n) is 1.54. The Kier molecular flexibility index (Phi) is 2.13. The van der Waals surface area contributed by atoms with E-state index < -0.39 is 0 Å². The summed E-state index contributed by atoms with van der Waals surface area (Å²) in [5.41, 5.74) is 6.50. The van der Waals surface area contributed by atoms with Gasteiger partial charge in [-0.2, -0.15) is 4.37 Å². The van der Waals surface area contributed by atoms with Gasteiger partial charge in [0.25, 0.3) is 0 Å². The molecule has 2 aromatic heterocycles. The minimum Gasteiger partial charge on any atom is -0.383 e. The summed E-state index contributed by atoms with van der Waals surface area (Å²) in [4.78, 5) is 6.90. The van der Waals surface area contributed by atoms with Crippen LogP contribution in [0, 0.1) is 0 Å². The topological polar surface area (TPSA) is 79.6 Å². The number of imidazole rings is 1. The van der Waals surface area contributed by atoms with Gasteiger partial charge in [0.15, 0.2) is 0 Å². The maximum Gasteiger partial charge on any atom is 0.139 e. The molecule has 0 aliphatic heterocycles. The van der Waals surface area contributed by atoms with Gasteiger partial charge in [-0.25, -0.2) is 4.98 Å². The number of anilines is 2. The third-order valence-corrected chi connectivity index (χ3v) is 2.30. The van der Waals surface area contributed by atoms with E-state index in [0.717, 1.165) is 10.7 Å². The zero-order valence-electron chi connectivity index (χ0n) is 6.82. The van der Waals surface area contributed by atoms with Crippen LogP contribution in [0.2, 0.25) is 0 Å². The van der Waals surface area contributed by atoms with E-state index in [1.807, 2.05) is 0 Å². The quantitative estimate of drug-likeness (QED) is 0.684. The number of nitrogens with one attached hydrogen (secondary N) is 2. The van der Waals surface area contributed by atoms with Crippen LogP contribution in [0.1, 0.15) is 5.69 Å². The molecule has 0 aliphatic carbocycles.